The van der Waals surface area contributed by atoms with Gasteiger partial charge in [0, 0.05) is 0 Å². The maximum Gasteiger partial charge on any atom is 0.223 e. The standard InChI is InChI=1S/C22H20FNO/c23-17-16-21(25)24-22(18-10-4-1-5-11-18,19-12-6-2-7-13-19)20-14-8-3-9-15-20/h1-15H,16-17H2,(H,24,25). The van der Waals surface area contributed by atoms with Gasteiger partial charge in [0.15, 0.2) is 0 Å². The number of halogens is 1. The van der Waals surface area contributed by atoms with Crippen LogP contribution in [0, 0.1) is 0 Å². The van der Waals surface area contributed by atoms with Gasteiger partial charge in [0.1, 0.15) is 5.54 Å². The van der Waals surface area contributed by atoms with Gasteiger partial charge in [0.2, 0.25) is 5.91 Å². The summed E-state index contributed by atoms with van der Waals surface area (Å²) >= 11 is 0. The second-order valence-corrected chi connectivity index (χ2v) is 5.84. The summed E-state index contributed by atoms with van der Waals surface area (Å²) in [5.74, 6) is -0.320. The number of carbonyl (C=O) groups is 1. The first-order valence-electron chi connectivity index (χ1n) is 8.31. The summed E-state index contributed by atoms with van der Waals surface area (Å²) in [5.41, 5.74) is 1.93. The predicted molar refractivity (Wildman–Crippen MR) is 97.9 cm³/mol. The van der Waals surface area contributed by atoms with Crippen LogP contribution in [0.3, 0.4) is 0 Å². The van der Waals surface area contributed by atoms with Crippen LogP contribution in [0.15, 0.2) is 91.0 Å². The minimum absolute atomic E-state index is 0.158. The molecule has 1 N–H and O–H groups in total. The van der Waals surface area contributed by atoms with Gasteiger partial charge in [-0.3, -0.25) is 9.18 Å². The van der Waals surface area contributed by atoms with Crippen LogP contribution >= 0.6 is 0 Å². The molecule has 0 aliphatic carbocycles. The fourth-order valence-electron chi connectivity index (χ4n) is 3.14. The lowest BCUT2D eigenvalue weighted by Crippen LogP contribution is -2.47. The summed E-state index contributed by atoms with van der Waals surface area (Å²) < 4.78 is 12.8. The average Bonchev–Trinajstić information content (AvgIpc) is 2.68. The van der Waals surface area contributed by atoms with E-state index in [0.29, 0.717) is 0 Å². The quantitative estimate of drug-likeness (QED) is 0.663. The highest BCUT2D eigenvalue weighted by atomic mass is 19.1. The Bertz CT molecular complexity index is 707. The molecule has 0 atom stereocenters. The molecule has 0 radical (unpaired) electrons. The van der Waals surface area contributed by atoms with Crippen LogP contribution in [0.2, 0.25) is 0 Å². The zero-order chi connectivity index (χ0) is 17.5. The highest BCUT2D eigenvalue weighted by Crippen LogP contribution is 2.36. The van der Waals surface area contributed by atoms with Crippen LogP contribution in [0.5, 0.6) is 0 Å². The molecule has 25 heavy (non-hydrogen) atoms. The predicted octanol–water partition coefficient (Wildman–Crippen LogP) is 4.45. The summed E-state index contributed by atoms with van der Waals surface area (Å²) in [7, 11) is 0. The number of alkyl halides is 1. The number of nitrogens with one attached hydrogen (secondary N) is 1. The number of amides is 1. The van der Waals surface area contributed by atoms with Crippen LogP contribution in [-0.4, -0.2) is 12.6 Å². The minimum atomic E-state index is -0.865. The third kappa shape index (κ3) is 3.45. The van der Waals surface area contributed by atoms with Crippen molar-refractivity contribution in [1.29, 1.82) is 0 Å². The number of carbonyl (C=O) groups excluding carboxylic acids is 1. The average molecular weight is 333 g/mol. The van der Waals surface area contributed by atoms with Crippen LogP contribution in [0.1, 0.15) is 23.1 Å². The topological polar surface area (TPSA) is 29.1 Å². The summed E-state index contributed by atoms with van der Waals surface area (Å²) in [4.78, 5) is 12.4. The maximum absolute atomic E-state index is 12.8. The molecule has 0 aliphatic rings. The van der Waals surface area contributed by atoms with Gasteiger partial charge < -0.3 is 5.32 Å². The molecule has 0 spiro atoms. The Balaban J connectivity index is 2.26. The first-order chi connectivity index (χ1) is 12.3. The molecule has 0 saturated carbocycles. The SMILES string of the molecule is O=C(CCF)NC(c1ccccc1)(c1ccccc1)c1ccccc1. The first-order valence-corrected chi connectivity index (χ1v) is 8.31. The molecule has 3 aromatic carbocycles. The summed E-state index contributed by atoms with van der Waals surface area (Å²) in [6.45, 7) is -0.680. The molecule has 0 saturated heterocycles. The second-order valence-electron chi connectivity index (χ2n) is 5.84. The summed E-state index contributed by atoms with van der Waals surface area (Å²) in [6.07, 6.45) is -0.158. The molecule has 0 bridgehead atoms. The first kappa shape index (κ1) is 16.9. The van der Waals surface area contributed by atoms with Crippen LogP contribution in [0.4, 0.5) is 4.39 Å². The Morgan fingerprint density at radius 2 is 1.08 bits per heavy atom. The highest BCUT2D eigenvalue weighted by molar-refractivity contribution is 5.79. The van der Waals surface area contributed by atoms with Crippen molar-refractivity contribution in [3.05, 3.63) is 108 Å². The molecule has 3 aromatic rings. The van der Waals surface area contributed by atoms with E-state index >= 15 is 0 Å². The van der Waals surface area contributed by atoms with Crippen molar-refractivity contribution >= 4 is 5.91 Å². The van der Waals surface area contributed by atoms with E-state index in [1.165, 1.54) is 0 Å². The lowest BCUT2D eigenvalue weighted by molar-refractivity contribution is -0.122. The molecular weight excluding hydrogens is 313 g/mol. The van der Waals surface area contributed by atoms with Crippen molar-refractivity contribution in [2.75, 3.05) is 6.67 Å². The van der Waals surface area contributed by atoms with E-state index in [1.807, 2.05) is 91.0 Å². The molecule has 0 heterocycles. The number of hydrogen-bond acceptors (Lipinski definition) is 1. The van der Waals surface area contributed by atoms with Gasteiger partial charge in [-0.2, -0.15) is 0 Å². The van der Waals surface area contributed by atoms with Crippen LogP contribution < -0.4 is 5.32 Å². The van der Waals surface area contributed by atoms with E-state index in [4.69, 9.17) is 0 Å². The minimum Gasteiger partial charge on any atom is -0.338 e. The molecule has 3 rings (SSSR count). The van der Waals surface area contributed by atoms with E-state index in [-0.39, 0.29) is 12.3 Å². The lowest BCUT2D eigenvalue weighted by atomic mass is 9.77. The highest BCUT2D eigenvalue weighted by Gasteiger charge is 2.37. The van der Waals surface area contributed by atoms with E-state index < -0.39 is 12.2 Å². The number of hydrogen-bond donors (Lipinski definition) is 1. The normalized spacial score (nSPS) is 11.1. The van der Waals surface area contributed by atoms with Gasteiger partial charge in [-0.05, 0) is 16.7 Å². The molecule has 3 heteroatoms. The van der Waals surface area contributed by atoms with Crippen molar-refractivity contribution in [2.24, 2.45) is 0 Å². The van der Waals surface area contributed by atoms with Crippen molar-refractivity contribution < 1.29 is 9.18 Å². The largest absolute Gasteiger partial charge is 0.338 e. The molecule has 126 valence electrons. The zero-order valence-electron chi connectivity index (χ0n) is 13.9. The summed E-state index contributed by atoms with van der Waals surface area (Å²) in [5, 5.41) is 3.10. The van der Waals surface area contributed by atoms with Gasteiger partial charge in [-0.25, -0.2) is 0 Å². The fourth-order valence-corrected chi connectivity index (χ4v) is 3.14. The van der Waals surface area contributed by atoms with Gasteiger partial charge >= 0.3 is 0 Å². The van der Waals surface area contributed by atoms with Gasteiger partial charge in [0.05, 0.1) is 13.1 Å². The third-order valence-electron chi connectivity index (χ3n) is 4.27. The molecule has 0 fully saturated rings. The van der Waals surface area contributed by atoms with Crippen molar-refractivity contribution in [1.82, 2.24) is 5.32 Å². The zero-order valence-corrected chi connectivity index (χ0v) is 13.9. The van der Waals surface area contributed by atoms with E-state index in [2.05, 4.69) is 5.32 Å². The molecule has 0 aliphatic heterocycles. The van der Waals surface area contributed by atoms with E-state index in [0.717, 1.165) is 16.7 Å². The fraction of sp³-hybridized carbons (Fsp3) is 0.136. The van der Waals surface area contributed by atoms with Crippen LogP contribution in [-0.2, 0) is 10.3 Å². The molecular formula is C22H20FNO. The monoisotopic (exact) mass is 333 g/mol. The maximum atomic E-state index is 12.8. The Morgan fingerprint density at radius 1 is 0.720 bits per heavy atom. The third-order valence-corrected chi connectivity index (χ3v) is 4.27. The Morgan fingerprint density at radius 3 is 1.40 bits per heavy atom. The van der Waals surface area contributed by atoms with Crippen molar-refractivity contribution in [3.63, 3.8) is 0 Å². The van der Waals surface area contributed by atoms with Gasteiger partial charge in [0.25, 0.3) is 0 Å². The van der Waals surface area contributed by atoms with Crippen molar-refractivity contribution in [3.8, 4) is 0 Å². The molecule has 2 nitrogen and oxygen atoms in total. The lowest BCUT2D eigenvalue weighted by Gasteiger charge is -2.36. The molecule has 0 aromatic heterocycles. The Hall–Kier alpha value is -2.94. The van der Waals surface area contributed by atoms with Crippen LogP contribution in [0.25, 0.3) is 0 Å². The molecule has 0 unspecified atom stereocenters. The molecule has 1 amide bonds. The Labute approximate surface area is 147 Å². The summed E-state index contributed by atoms with van der Waals surface area (Å²) in [6, 6.07) is 29.4. The van der Waals surface area contributed by atoms with E-state index in [9.17, 15) is 9.18 Å². The van der Waals surface area contributed by atoms with Gasteiger partial charge in [-0.1, -0.05) is 91.0 Å². The number of benzene rings is 3. The van der Waals surface area contributed by atoms with Crippen molar-refractivity contribution in [2.45, 2.75) is 12.0 Å². The smallest absolute Gasteiger partial charge is 0.223 e. The van der Waals surface area contributed by atoms with Gasteiger partial charge in [-0.15, -0.1) is 0 Å². The second kappa shape index (κ2) is 7.75. The number of rotatable bonds is 6. The van der Waals surface area contributed by atoms with E-state index in [1.54, 1.807) is 0 Å². The Kier molecular flexibility index (Phi) is 5.24.